The molecule has 84 valence electrons. The Hall–Kier alpha value is 1.29. The average molecular weight is 446 g/mol. The topological polar surface area (TPSA) is 83.6 Å². The van der Waals surface area contributed by atoms with E-state index < -0.39 is 19.4 Å². The fourth-order valence-corrected chi connectivity index (χ4v) is 4.73. The molecule has 14 heavy (non-hydrogen) atoms. The molecule has 0 spiro atoms. The number of hydrogen-bond donors (Lipinski definition) is 2. The van der Waals surface area contributed by atoms with Crippen molar-refractivity contribution in [2.24, 2.45) is 5.14 Å². The third-order valence-electron chi connectivity index (χ3n) is 2.36. The molecule has 0 aromatic heterocycles. The molecule has 5 nitrogen and oxygen atoms in total. The highest BCUT2D eigenvalue weighted by Crippen LogP contribution is 2.32. The van der Waals surface area contributed by atoms with Crippen LogP contribution in [0.15, 0.2) is 0 Å². The number of halogens is 2. The number of alkyl halides is 2. The smallest absolute Gasteiger partial charge is 0.215 e. The van der Waals surface area contributed by atoms with E-state index in [-0.39, 0.29) is 10.1 Å². The minimum absolute atomic E-state index is 0.0458. The van der Waals surface area contributed by atoms with Crippen LogP contribution in [0, 0.1) is 0 Å². The Balaban J connectivity index is 2.61. The molecule has 1 aliphatic heterocycles. The molecule has 4 unspecified atom stereocenters. The fourth-order valence-electron chi connectivity index (χ4n) is 1.28. The highest BCUT2D eigenvalue weighted by Gasteiger charge is 2.46. The number of nitrogens with two attached hydrogens (primary N) is 1. The first-order chi connectivity index (χ1) is 6.25. The predicted molar refractivity (Wildman–Crippen MR) is 70.9 cm³/mol. The first-order valence-electron chi connectivity index (χ1n) is 3.98. The Morgan fingerprint density at radius 1 is 1.64 bits per heavy atom. The fraction of sp³-hybridized carbons (Fsp3) is 1.00. The van der Waals surface area contributed by atoms with Gasteiger partial charge in [-0.1, -0.05) is 22.6 Å². The third-order valence-corrected chi connectivity index (χ3v) is 6.72. The summed E-state index contributed by atoms with van der Waals surface area (Å²) in [5.41, 5.74) is 0. The molecular formula is C6H12I2N2O3S. The Morgan fingerprint density at radius 2 is 2.14 bits per heavy atom. The number of aliphatic hydroxyl groups excluding tert-OH is 1. The second-order valence-corrected chi connectivity index (χ2v) is 7.65. The molecule has 8 heteroatoms. The van der Waals surface area contributed by atoms with E-state index >= 15 is 0 Å². The van der Waals surface area contributed by atoms with Gasteiger partial charge in [-0.3, -0.25) is 4.90 Å². The molecule has 3 N–H and O–H groups in total. The maximum atomic E-state index is 11.0. The summed E-state index contributed by atoms with van der Waals surface area (Å²) in [5, 5.41) is 13.9. The van der Waals surface area contributed by atoms with Crippen molar-refractivity contribution in [1.29, 1.82) is 0 Å². The van der Waals surface area contributed by atoms with Crippen molar-refractivity contribution in [1.82, 2.24) is 4.90 Å². The lowest BCUT2D eigenvalue weighted by Crippen LogP contribution is -2.65. The zero-order valence-corrected chi connectivity index (χ0v) is 12.6. The van der Waals surface area contributed by atoms with Crippen LogP contribution in [0.1, 0.15) is 6.92 Å². The molecule has 0 saturated carbocycles. The van der Waals surface area contributed by atoms with Crippen molar-refractivity contribution in [3.63, 3.8) is 0 Å². The van der Waals surface area contributed by atoms with Crippen LogP contribution in [0.4, 0.5) is 0 Å². The number of rotatable bonds is 3. The molecule has 1 rings (SSSR count). The van der Waals surface area contributed by atoms with E-state index in [1.54, 1.807) is 0 Å². The molecule has 1 saturated heterocycles. The minimum atomic E-state index is -3.44. The van der Waals surface area contributed by atoms with Gasteiger partial charge in [0, 0.05) is 12.6 Å². The van der Waals surface area contributed by atoms with Crippen LogP contribution in [0.5, 0.6) is 0 Å². The second-order valence-electron chi connectivity index (χ2n) is 3.31. The summed E-state index contributed by atoms with van der Waals surface area (Å²) in [6.45, 7) is 2.27. The van der Waals surface area contributed by atoms with Gasteiger partial charge in [0.2, 0.25) is 10.0 Å². The zero-order valence-electron chi connectivity index (χ0n) is 7.47. The summed E-state index contributed by atoms with van der Waals surface area (Å²) in [4.78, 5) is 1.92. The molecule has 1 fully saturated rings. The van der Waals surface area contributed by atoms with Gasteiger partial charge in [-0.15, -0.1) is 0 Å². The molecule has 0 bridgehead atoms. The van der Waals surface area contributed by atoms with E-state index in [9.17, 15) is 13.5 Å². The summed E-state index contributed by atoms with van der Waals surface area (Å²) in [6.07, 6.45) is 0. The van der Waals surface area contributed by atoms with Crippen LogP contribution < -0.4 is 5.14 Å². The second kappa shape index (κ2) is 4.65. The minimum Gasteiger partial charge on any atom is -0.381 e. The highest BCUT2D eigenvalue weighted by molar-refractivity contribution is 14.1. The van der Waals surface area contributed by atoms with Crippen molar-refractivity contribution in [3.8, 4) is 0 Å². The van der Waals surface area contributed by atoms with Gasteiger partial charge < -0.3 is 5.11 Å². The van der Waals surface area contributed by atoms with Gasteiger partial charge in [0.15, 0.2) is 0 Å². The van der Waals surface area contributed by atoms with Gasteiger partial charge in [0.25, 0.3) is 0 Å². The van der Waals surface area contributed by atoms with Crippen LogP contribution in [0.3, 0.4) is 0 Å². The van der Waals surface area contributed by atoms with Crippen molar-refractivity contribution in [3.05, 3.63) is 0 Å². The average Bonchev–Trinajstić information content (AvgIpc) is 1.98. The van der Waals surface area contributed by atoms with E-state index in [4.69, 9.17) is 5.14 Å². The lowest BCUT2D eigenvalue weighted by molar-refractivity contribution is 0.0676. The van der Waals surface area contributed by atoms with E-state index in [0.717, 1.165) is 0 Å². The van der Waals surface area contributed by atoms with Crippen LogP contribution in [0.2, 0.25) is 0 Å². The number of primary sulfonamides is 1. The number of hydrogen-bond acceptors (Lipinski definition) is 4. The molecule has 1 aliphatic rings. The molecule has 0 radical (unpaired) electrons. The predicted octanol–water partition coefficient (Wildman–Crippen LogP) is -0.138. The molecular weight excluding hydrogens is 434 g/mol. The van der Waals surface area contributed by atoms with Gasteiger partial charge in [0.1, 0.15) is 9.36 Å². The van der Waals surface area contributed by atoms with Gasteiger partial charge in [-0.25, -0.2) is 13.6 Å². The van der Waals surface area contributed by atoms with Crippen molar-refractivity contribution < 1.29 is 13.5 Å². The number of aliphatic hydroxyl groups is 1. The Morgan fingerprint density at radius 3 is 2.43 bits per heavy atom. The summed E-state index contributed by atoms with van der Waals surface area (Å²) in [6, 6.07) is -0.0458. The Labute approximate surface area is 111 Å². The number of sulfonamides is 1. The van der Waals surface area contributed by atoms with Gasteiger partial charge in [-0.05, 0) is 29.5 Å². The molecule has 0 aliphatic carbocycles. The standard InChI is InChI=1S/C6H12I2N2O3S/c1-3(6(8)11)10-2-4(5(10)7)14(9,12)13/h3-6,11H,2H2,1H3,(H2,9,12,13). The first kappa shape index (κ1) is 13.4. The zero-order chi connectivity index (χ0) is 11.1. The van der Waals surface area contributed by atoms with E-state index in [2.05, 4.69) is 0 Å². The molecule has 0 aromatic rings. The SMILES string of the molecule is CC(C(O)I)N1CC(S(N)(=O)=O)C1I. The third kappa shape index (κ3) is 2.70. The number of nitrogens with zero attached hydrogens (tertiary/aromatic N) is 1. The summed E-state index contributed by atoms with van der Waals surface area (Å²) >= 11 is 3.95. The van der Waals surface area contributed by atoms with Gasteiger partial charge in [0.05, 0.1) is 4.05 Å². The van der Waals surface area contributed by atoms with Gasteiger partial charge >= 0.3 is 0 Å². The lowest BCUT2D eigenvalue weighted by Gasteiger charge is -2.47. The van der Waals surface area contributed by atoms with Crippen molar-refractivity contribution in [2.45, 2.75) is 26.4 Å². The monoisotopic (exact) mass is 446 g/mol. The van der Waals surface area contributed by atoms with E-state index in [1.165, 1.54) is 0 Å². The summed E-state index contributed by atoms with van der Waals surface area (Å²) in [7, 11) is -3.44. The maximum absolute atomic E-state index is 11.0. The van der Waals surface area contributed by atoms with Crippen LogP contribution in [-0.4, -0.2) is 44.4 Å². The van der Waals surface area contributed by atoms with Crippen molar-refractivity contribution >= 4 is 55.2 Å². The van der Waals surface area contributed by atoms with Crippen LogP contribution in [-0.2, 0) is 10.0 Å². The largest absolute Gasteiger partial charge is 0.381 e. The normalized spacial score (nSPS) is 33.5. The first-order valence-corrected chi connectivity index (χ1v) is 8.09. The molecule has 4 atom stereocenters. The molecule has 0 amide bonds. The van der Waals surface area contributed by atoms with E-state index in [0.29, 0.717) is 6.54 Å². The molecule has 1 heterocycles. The highest BCUT2D eigenvalue weighted by atomic mass is 127. The lowest BCUT2D eigenvalue weighted by atomic mass is 10.1. The number of likely N-dealkylation sites (tertiary alicyclic amines) is 1. The Kier molecular flexibility index (Phi) is 4.44. The maximum Gasteiger partial charge on any atom is 0.215 e. The quantitative estimate of drug-likeness (QED) is 0.360. The van der Waals surface area contributed by atoms with Crippen molar-refractivity contribution in [2.75, 3.05) is 6.54 Å². The Bertz CT molecular complexity index is 308. The molecule has 0 aromatic carbocycles. The summed E-state index contributed by atoms with van der Waals surface area (Å²) < 4.78 is 21.5. The summed E-state index contributed by atoms with van der Waals surface area (Å²) in [5.74, 6) is 0. The van der Waals surface area contributed by atoms with Gasteiger partial charge in [-0.2, -0.15) is 0 Å². The van der Waals surface area contributed by atoms with Crippen LogP contribution in [0.25, 0.3) is 0 Å². The van der Waals surface area contributed by atoms with Crippen LogP contribution >= 0.6 is 45.2 Å². The van der Waals surface area contributed by atoms with E-state index in [1.807, 2.05) is 57.0 Å².